The van der Waals surface area contributed by atoms with E-state index in [1.54, 1.807) is 6.20 Å². The van der Waals surface area contributed by atoms with Crippen molar-refractivity contribution in [2.75, 3.05) is 6.54 Å². The van der Waals surface area contributed by atoms with Crippen LogP contribution >= 0.6 is 11.3 Å². The molecule has 19 heavy (non-hydrogen) atoms. The average Bonchev–Trinajstić information content (AvgIpc) is 2.86. The number of nitrogens with zero attached hydrogens (tertiary/aromatic N) is 1. The van der Waals surface area contributed by atoms with E-state index in [2.05, 4.69) is 24.1 Å². The Bertz CT molecular complexity index is 431. The standard InChI is InChI=1S/C14H22N2O2S/c1-9(2)14-16-8-12(19-14)13(18)15-7-10-4-3-5-11(17)6-10/h8-11,17H,3-7H2,1-2H3,(H,15,18). The van der Waals surface area contributed by atoms with Gasteiger partial charge in [0.25, 0.3) is 5.91 Å². The van der Waals surface area contributed by atoms with Gasteiger partial charge in [0.1, 0.15) is 4.88 Å². The maximum atomic E-state index is 12.0. The van der Waals surface area contributed by atoms with Crippen LogP contribution in [-0.2, 0) is 0 Å². The minimum Gasteiger partial charge on any atom is -0.393 e. The molecule has 0 bridgehead atoms. The highest BCUT2D eigenvalue weighted by Crippen LogP contribution is 2.24. The maximum Gasteiger partial charge on any atom is 0.263 e. The summed E-state index contributed by atoms with van der Waals surface area (Å²) in [6, 6.07) is 0. The first-order valence-corrected chi connectivity index (χ1v) is 7.80. The summed E-state index contributed by atoms with van der Waals surface area (Å²) >= 11 is 1.46. The molecule has 0 saturated heterocycles. The summed E-state index contributed by atoms with van der Waals surface area (Å²) in [7, 11) is 0. The molecule has 1 aliphatic carbocycles. The van der Waals surface area contributed by atoms with Crippen molar-refractivity contribution in [1.29, 1.82) is 0 Å². The van der Waals surface area contributed by atoms with E-state index in [0.717, 1.165) is 30.7 Å². The molecule has 106 valence electrons. The molecule has 0 aliphatic heterocycles. The van der Waals surface area contributed by atoms with Crippen LogP contribution in [0.3, 0.4) is 0 Å². The number of thiazole rings is 1. The summed E-state index contributed by atoms with van der Waals surface area (Å²) in [6.07, 6.45) is 5.32. The Labute approximate surface area is 118 Å². The number of amides is 1. The van der Waals surface area contributed by atoms with Gasteiger partial charge in [-0.1, -0.05) is 20.3 Å². The second-order valence-corrected chi connectivity index (χ2v) is 6.68. The van der Waals surface area contributed by atoms with Crippen LogP contribution in [0.2, 0.25) is 0 Å². The predicted octanol–water partition coefficient (Wildman–Crippen LogP) is 2.55. The molecular weight excluding hydrogens is 260 g/mol. The lowest BCUT2D eigenvalue weighted by Gasteiger charge is -2.25. The van der Waals surface area contributed by atoms with E-state index < -0.39 is 0 Å². The lowest BCUT2D eigenvalue weighted by atomic mass is 9.87. The zero-order valence-corrected chi connectivity index (χ0v) is 12.4. The summed E-state index contributed by atoms with van der Waals surface area (Å²) < 4.78 is 0. The van der Waals surface area contributed by atoms with Crippen molar-refractivity contribution < 1.29 is 9.90 Å². The zero-order chi connectivity index (χ0) is 13.8. The fourth-order valence-electron chi connectivity index (χ4n) is 2.43. The number of rotatable bonds is 4. The Morgan fingerprint density at radius 2 is 2.37 bits per heavy atom. The SMILES string of the molecule is CC(C)c1ncc(C(=O)NCC2CCCC(O)C2)s1. The van der Waals surface area contributed by atoms with Gasteiger partial charge in [-0.2, -0.15) is 0 Å². The highest BCUT2D eigenvalue weighted by Gasteiger charge is 2.21. The number of aliphatic hydroxyl groups excluding tert-OH is 1. The van der Waals surface area contributed by atoms with E-state index >= 15 is 0 Å². The first-order valence-electron chi connectivity index (χ1n) is 6.98. The van der Waals surface area contributed by atoms with Gasteiger partial charge in [0.05, 0.1) is 17.3 Å². The Balaban J connectivity index is 1.83. The molecule has 2 N–H and O–H groups in total. The van der Waals surface area contributed by atoms with Crippen LogP contribution in [0.4, 0.5) is 0 Å². The molecule has 2 unspecified atom stereocenters. The van der Waals surface area contributed by atoms with E-state index in [-0.39, 0.29) is 12.0 Å². The second-order valence-electron chi connectivity index (χ2n) is 5.61. The third-order valence-electron chi connectivity index (χ3n) is 3.55. The van der Waals surface area contributed by atoms with Gasteiger partial charge in [-0.15, -0.1) is 11.3 Å². The summed E-state index contributed by atoms with van der Waals surface area (Å²) in [6.45, 7) is 4.80. The van der Waals surface area contributed by atoms with Gasteiger partial charge in [0, 0.05) is 12.5 Å². The first kappa shape index (κ1) is 14.5. The van der Waals surface area contributed by atoms with Gasteiger partial charge >= 0.3 is 0 Å². The van der Waals surface area contributed by atoms with Crippen molar-refractivity contribution >= 4 is 17.2 Å². The van der Waals surface area contributed by atoms with Gasteiger partial charge < -0.3 is 10.4 Å². The van der Waals surface area contributed by atoms with Crippen molar-refractivity contribution in [2.24, 2.45) is 5.92 Å². The summed E-state index contributed by atoms with van der Waals surface area (Å²) in [5.74, 6) is 0.731. The summed E-state index contributed by atoms with van der Waals surface area (Å²) in [5, 5.41) is 13.6. The highest BCUT2D eigenvalue weighted by atomic mass is 32.1. The number of aromatic nitrogens is 1. The molecular formula is C14H22N2O2S. The monoisotopic (exact) mass is 282 g/mol. The Morgan fingerprint density at radius 3 is 3.00 bits per heavy atom. The quantitative estimate of drug-likeness (QED) is 0.892. The molecule has 1 amide bonds. The number of hydrogen-bond donors (Lipinski definition) is 2. The molecule has 2 rings (SSSR count). The number of nitrogens with one attached hydrogen (secondary N) is 1. The minimum atomic E-state index is -0.188. The minimum absolute atomic E-state index is 0.0375. The summed E-state index contributed by atoms with van der Waals surface area (Å²) in [5.41, 5.74) is 0. The van der Waals surface area contributed by atoms with E-state index in [1.807, 2.05) is 0 Å². The molecule has 4 nitrogen and oxygen atoms in total. The molecule has 0 radical (unpaired) electrons. The van der Waals surface area contributed by atoms with E-state index in [4.69, 9.17) is 0 Å². The van der Waals surface area contributed by atoms with Crippen molar-refractivity contribution in [3.63, 3.8) is 0 Å². The van der Waals surface area contributed by atoms with Gasteiger partial charge in [0.15, 0.2) is 0 Å². The first-order chi connectivity index (χ1) is 9.06. The number of hydrogen-bond acceptors (Lipinski definition) is 4. The lowest BCUT2D eigenvalue weighted by Crippen LogP contribution is -2.32. The van der Waals surface area contributed by atoms with Crippen LogP contribution in [0.1, 0.15) is 60.1 Å². The lowest BCUT2D eigenvalue weighted by molar-refractivity contribution is 0.0876. The maximum absolute atomic E-state index is 12.0. The molecule has 1 aromatic rings. The van der Waals surface area contributed by atoms with Gasteiger partial charge in [-0.05, 0) is 25.2 Å². The van der Waals surface area contributed by atoms with E-state index in [9.17, 15) is 9.90 Å². The predicted molar refractivity (Wildman–Crippen MR) is 76.5 cm³/mol. The Kier molecular flexibility index (Phi) is 4.93. The van der Waals surface area contributed by atoms with Crippen molar-refractivity contribution in [3.05, 3.63) is 16.1 Å². The normalized spacial score (nSPS) is 23.6. The van der Waals surface area contributed by atoms with Gasteiger partial charge in [-0.25, -0.2) is 4.98 Å². The molecule has 5 heteroatoms. The van der Waals surface area contributed by atoms with Crippen LogP contribution < -0.4 is 5.32 Å². The fraction of sp³-hybridized carbons (Fsp3) is 0.714. The molecule has 0 spiro atoms. The van der Waals surface area contributed by atoms with Gasteiger partial charge in [-0.3, -0.25) is 4.79 Å². The molecule has 1 heterocycles. The van der Waals surface area contributed by atoms with Crippen molar-refractivity contribution in [1.82, 2.24) is 10.3 Å². The van der Waals surface area contributed by atoms with Crippen molar-refractivity contribution in [2.45, 2.75) is 51.6 Å². The number of carbonyl (C=O) groups is 1. The van der Waals surface area contributed by atoms with Crippen LogP contribution in [0.15, 0.2) is 6.20 Å². The molecule has 1 aromatic heterocycles. The molecule has 1 fully saturated rings. The van der Waals surface area contributed by atoms with Crippen LogP contribution in [0.5, 0.6) is 0 Å². The number of carbonyl (C=O) groups excluding carboxylic acids is 1. The zero-order valence-electron chi connectivity index (χ0n) is 11.6. The Morgan fingerprint density at radius 1 is 1.58 bits per heavy atom. The van der Waals surface area contributed by atoms with Crippen molar-refractivity contribution in [3.8, 4) is 0 Å². The highest BCUT2D eigenvalue weighted by molar-refractivity contribution is 7.13. The van der Waals surface area contributed by atoms with Gasteiger partial charge in [0.2, 0.25) is 0 Å². The van der Waals surface area contributed by atoms with E-state index in [1.165, 1.54) is 11.3 Å². The topological polar surface area (TPSA) is 62.2 Å². The summed E-state index contributed by atoms with van der Waals surface area (Å²) in [4.78, 5) is 16.9. The van der Waals surface area contributed by atoms with Crippen LogP contribution in [-0.4, -0.2) is 28.6 Å². The Hall–Kier alpha value is -0.940. The second kappa shape index (κ2) is 6.48. The third kappa shape index (κ3) is 4.01. The smallest absolute Gasteiger partial charge is 0.263 e. The molecule has 0 aromatic carbocycles. The van der Waals surface area contributed by atoms with Crippen LogP contribution in [0, 0.1) is 5.92 Å². The molecule has 2 atom stereocenters. The number of aliphatic hydroxyl groups is 1. The van der Waals surface area contributed by atoms with Crippen LogP contribution in [0.25, 0.3) is 0 Å². The largest absolute Gasteiger partial charge is 0.393 e. The third-order valence-corrected chi connectivity index (χ3v) is 4.84. The van der Waals surface area contributed by atoms with E-state index in [0.29, 0.717) is 23.3 Å². The fourth-order valence-corrected chi connectivity index (χ4v) is 3.27. The molecule has 1 aliphatic rings. The molecule has 1 saturated carbocycles. The average molecular weight is 282 g/mol.